The summed E-state index contributed by atoms with van der Waals surface area (Å²) in [5, 5.41) is 3.32. The van der Waals surface area contributed by atoms with Gasteiger partial charge in [0.05, 0.1) is 19.3 Å². The third kappa shape index (κ3) is 4.54. The number of fused-ring (bicyclic) bond motifs is 1. The van der Waals surface area contributed by atoms with Gasteiger partial charge in [0, 0.05) is 38.4 Å². The van der Waals surface area contributed by atoms with E-state index >= 15 is 0 Å². The van der Waals surface area contributed by atoms with E-state index in [0.717, 1.165) is 51.2 Å². The van der Waals surface area contributed by atoms with Gasteiger partial charge in [-0.3, -0.25) is 14.5 Å². The molecule has 3 aliphatic heterocycles. The number of aryl methyl sites for hydroxylation is 1. The second-order valence-corrected chi connectivity index (χ2v) is 7.58. The van der Waals surface area contributed by atoms with Crippen molar-refractivity contribution < 1.29 is 9.53 Å². The molecule has 0 aromatic carbocycles. The van der Waals surface area contributed by atoms with Crippen molar-refractivity contribution in [3.63, 3.8) is 0 Å². The number of aromatic nitrogens is 1. The second-order valence-electron chi connectivity index (χ2n) is 7.58. The molecule has 1 atom stereocenters. The Morgan fingerprint density at radius 3 is 2.64 bits per heavy atom. The maximum Gasteiger partial charge on any atom is 0.263 e. The third-order valence-corrected chi connectivity index (χ3v) is 5.97. The largest absolute Gasteiger partial charge is 0.378 e. The van der Waals surface area contributed by atoms with Gasteiger partial charge >= 0.3 is 0 Å². The number of rotatable bonds is 2. The summed E-state index contributed by atoms with van der Waals surface area (Å²) in [4.78, 5) is 30.5. The van der Waals surface area contributed by atoms with Crippen LogP contribution in [0.15, 0.2) is 17.1 Å². The molecule has 0 radical (unpaired) electrons. The Morgan fingerprint density at radius 1 is 1.14 bits per heavy atom. The molecule has 0 spiro atoms. The van der Waals surface area contributed by atoms with Gasteiger partial charge in [0.25, 0.3) is 11.5 Å². The number of ether oxygens (including phenoxy) is 1. The molecule has 4 rings (SSSR count). The van der Waals surface area contributed by atoms with E-state index in [1.807, 2.05) is 24.1 Å². The molecule has 1 unspecified atom stereocenters. The fourth-order valence-corrected chi connectivity index (χ4v) is 4.36. The summed E-state index contributed by atoms with van der Waals surface area (Å²) < 4.78 is 7.35. The highest BCUT2D eigenvalue weighted by atomic mass is 35.5. The highest BCUT2D eigenvalue weighted by Crippen LogP contribution is 2.19. The molecule has 0 saturated carbocycles. The summed E-state index contributed by atoms with van der Waals surface area (Å²) >= 11 is 0. The smallest absolute Gasteiger partial charge is 0.263 e. The lowest BCUT2D eigenvalue weighted by molar-refractivity contribution is -0.0395. The lowest BCUT2D eigenvalue weighted by atomic mass is 10.0. The number of nitrogens with one attached hydrogen (secondary N) is 1. The van der Waals surface area contributed by atoms with E-state index < -0.39 is 0 Å². The van der Waals surface area contributed by atoms with Gasteiger partial charge in [0.1, 0.15) is 5.56 Å². The van der Waals surface area contributed by atoms with Gasteiger partial charge < -0.3 is 19.5 Å². The molecule has 1 aromatic heterocycles. The second kappa shape index (κ2) is 10.1. The van der Waals surface area contributed by atoms with Gasteiger partial charge in [0.15, 0.2) is 0 Å². The van der Waals surface area contributed by atoms with E-state index in [2.05, 4.69) is 10.2 Å². The van der Waals surface area contributed by atoms with E-state index in [4.69, 9.17) is 4.74 Å². The SMILES string of the molecule is Cc1ccn(C2CCNCC2)c(=O)c1C(=O)N1CCN2CCOCC2C1.Cl.Cl. The first-order valence-electron chi connectivity index (χ1n) is 9.68. The zero-order valence-corrected chi connectivity index (χ0v) is 17.9. The summed E-state index contributed by atoms with van der Waals surface area (Å²) in [6, 6.07) is 2.34. The summed E-state index contributed by atoms with van der Waals surface area (Å²) in [6.07, 6.45) is 3.71. The first-order valence-corrected chi connectivity index (χ1v) is 9.68. The summed E-state index contributed by atoms with van der Waals surface area (Å²) in [5.41, 5.74) is 0.980. The van der Waals surface area contributed by atoms with E-state index in [0.29, 0.717) is 25.3 Å². The van der Waals surface area contributed by atoms with Crippen LogP contribution in [0.5, 0.6) is 0 Å². The van der Waals surface area contributed by atoms with Crippen molar-refractivity contribution in [2.24, 2.45) is 0 Å². The first-order chi connectivity index (χ1) is 12.6. The number of carbonyl (C=O) groups is 1. The summed E-state index contributed by atoms with van der Waals surface area (Å²) in [5.74, 6) is -0.124. The average molecular weight is 433 g/mol. The van der Waals surface area contributed by atoms with Crippen molar-refractivity contribution in [2.75, 3.05) is 52.5 Å². The third-order valence-electron chi connectivity index (χ3n) is 5.97. The predicted molar refractivity (Wildman–Crippen MR) is 113 cm³/mol. The van der Waals surface area contributed by atoms with Crippen molar-refractivity contribution in [2.45, 2.75) is 31.8 Å². The first kappa shape index (κ1) is 23.2. The molecule has 1 aromatic rings. The molecule has 3 aliphatic rings. The number of halogens is 2. The number of amides is 1. The number of nitrogens with zero attached hydrogens (tertiary/aromatic N) is 3. The van der Waals surface area contributed by atoms with Crippen LogP contribution in [0.4, 0.5) is 0 Å². The predicted octanol–water partition coefficient (Wildman–Crippen LogP) is 1.08. The normalized spacial score (nSPS) is 23.3. The molecule has 4 heterocycles. The lowest BCUT2D eigenvalue weighted by Crippen LogP contribution is -2.59. The number of piperidine rings is 1. The maximum atomic E-state index is 13.2. The molecule has 28 heavy (non-hydrogen) atoms. The molecule has 7 nitrogen and oxygen atoms in total. The summed E-state index contributed by atoms with van der Waals surface area (Å²) in [6.45, 7) is 8.22. The number of pyridine rings is 1. The molecule has 9 heteroatoms. The minimum Gasteiger partial charge on any atom is -0.378 e. The molecular weight excluding hydrogens is 403 g/mol. The number of carbonyl (C=O) groups excluding carboxylic acids is 1. The van der Waals surface area contributed by atoms with E-state index in [-0.39, 0.29) is 48.4 Å². The van der Waals surface area contributed by atoms with Crippen LogP contribution in [0.25, 0.3) is 0 Å². The van der Waals surface area contributed by atoms with Crippen molar-refractivity contribution in [3.05, 3.63) is 33.7 Å². The van der Waals surface area contributed by atoms with Crippen molar-refractivity contribution in [3.8, 4) is 0 Å². The summed E-state index contributed by atoms with van der Waals surface area (Å²) in [7, 11) is 0. The van der Waals surface area contributed by atoms with E-state index in [1.54, 1.807) is 4.57 Å². The molecule has 158 valence electrons. The minimum atomic E-state index is -0.135. The molecule has 1 amide bonds. The molecular formula is C19H30Cl2N4O3. The Labute approximate surface area is 178 Å². The van der Waals surface area contributed by atoms with Gasteiger partial charge in [-0.05, 0) is 44.5 Å². The van der Waals surface area contributed by atoms with Crippen LogP contribution in [0.1, 0.15) is 34.8 Å². The number of morpholine rings is 1. The van der Waals surface area contributed by atoms with E-state index in [1.165, 1.54) is 0 Å². The average Bonchev–Trinajstić information content (AvgIpc) is 2.68. The van der Waals surface area contributed by atoms with Gasteiger partial charge in [0.2, 0.25) is 0 Å². The maximum absolute atomic E-state index is 13.2. The Morgan fingerprint density at radius 2 is 1.89 bits per heavy atom. The number of piperazine rings is 1. The van der Waals surface area contributed by atoms with Gasteiger partial charge in [-0.1, -0.05) is 0 Å². The highest BCUT2D eigenvalue weighted by Gasteiger charge is 2.33. The van der Waals surface area contributed by atoms with Crippen LogP contribution in [0, 0.1) is 6.92 Å². The quantitative estimate of drug-likeness (QED) is 0.757. The molecule has 0 aliphatic carbocycles. The molecule has 3 fully saturated rings. The van der Waals surface area contributed by atoms with Crippen LogP contribution < -0.4 is 10.9 Å². The van der Waals surface area contributed by atoms with Crippen LogP contribution in [0.2, 0.25) is 0 Å². The Hall–Kier alpha value is -1.12. The van der Waals surface area contributed by atoms with Crippen LogP contribution in [-0.2, 0) is 4.74 Å². The molecule has 3 saturated heterocycles. The van der Waals surface area contributed by atoms with E-state index in [9.17, 15) is 9.59 Å². The van der Waals surface area contributed by atoms with Crippen molar-refractivity contribution in [1.29, 1.82) is 0 Å². The van der Waals surface area contributed by atoms with Crippen LogP contribution >= 0.6 is 24.8 Å². The van der Waals surface area contributed by atoms with Gasteiger partial charge in [-0.15, -0.1) is 24.8 Å². The molecule has 0 bridgehead atoms. The zero-order chi connectivity index (χ0) is 18.1. The Balaban J connectivity index is 0.00000140. The van der Waals surface area contributed by atoms with Gasteiger partial charge in [-0.25, -0.2) is 0 Å². The minimum absolute atomic E-state index is 0. The Kier molecular flexibility index (Phi) is 8.33. The fraction of sp³-hybridized carbons (Fsp3) is 0.684. The van der Waals surface area contributed by atoms with Crippen LogP contribution in [0.3, 0.4) is 0 Å². The standard InChI is InChI=1S/C19H28N4O3.2ClH/c1-14-4-7-23(15-2-5-20-6-3-15)19(25)17(14)18(24)22-9-8-21-10-11-26-13-16(21)12-22;;/h4,7,15-16,20H,2-3,5-6,8-13H2,1H3;2*1H. The fourth-order valence-electron chi connectivity index (χ4n) is 4.36. The van der Waals surface area contributed by atoms with Crippen molar-refractivity contribution in [1.82, 2.24) is 19.7 Å². The van der Waals surface area contributed by atoms with Crippen LogP contribution in [-0.4, -0.2) is 78.8 Å². The zero-order valence-electron chi connectivity index (χ0n) is 16.3. The Bertz CT molecular complexity index is 736. The number of hydrogen-bond acceptors (Lipinski definition) is 5. The topological polar surface area (TPSA) is 66.8 Å². The van der Waals surface area contributed by atoms with Gasteiger partial charge in [-0.2, -0.15) is 0 Å². The van der Waals surface area contributed by atoms with Crippen molar-refractivity contribution >= 4 is 30.7 Å². The lowest BCUT2D eigenvalue weighted by Gasteiger charge is -2.43. The molecule has 1 N–H and O–H groups in total. The number of hydrogen-bond donors (Lipinski definition) is 1. The highest BCUT2D eigenvalue weighted by molar-refractivity contribution is 5.95. The monoisotopic (exact) mass is 432 g/mol.